The van der Waals surface area contributed by atoms with E-state index in [1.165, 1.54) is 24.1 Å². The molecule has 70 heavy (non-hydrogen) atoms. The molecule has 0 fully saturated rings. The van der Waals surface area contributed by atoms with Gasteiger partial charge < -0.3 is 41.0 Å². The molecule has 5 N–H and O–H groups in total. The van der Waals surface area contributed by atoms with Crippen molar-refractivity contribution in [2.75, 3.05) is 39.6 Å². The Morgan fingerprint density at radius 3 is 1.91 bits per heavy atom. The number of benzene rings is 1. The Labute approximate surface area is 415 Å². The monoisotopic (exact) mass is 982 g/mol. The second-order valence-electron chi connectivity index (χ2n) is 19.6. The van der Waals surface area contributed by atoms with Gasteiger partial charge in [-0.3, -0.25) is 38.5 Å². The molecule has 8 amide bonds. The highest BCUT2D eigenvalue weighted by atomic mass is 16.6. The van der Waals surface area contributed by atoms with Gasteiger partial charge in [-0.1, -0.05) is 87.3 Å². The summed E-state index contributed by atoms with van der Waals surface area (Å²) in [5.74, 6) is -4.14. The van der Waals surface area contributed by atoms with Crippen LogP contribution in [-0.2, 0) is 49.6 Å². The molecule has 0 unspecified atom stereocenters. The molecular weight excluding hydrogens is 899 g/mol. The Morgan fingerprint density at radius 1 is 0.757 bits per heavy atom. The van der Waals surface area contributed by atoms with Crippen molar-refractivity contribution in [3.63, 3.8) is 0 Å². The van der Waals surface area contributed by atoms with Crippen LogP contribution in [0.2, 0.25) is 0 Å². The number of anilines is 1. The number of likely N-dealkylation sites (N-methyl/N-ethyl adjacent to an activating group) is 2. The minimum atomic E-state index is -0.858. The largest absolute Gasteiger partial charge is 0.445 e. The van der Waals surface area contributed by atoms with Crippen LogP contribution in [0.5, 0.6) is 0 Å². The Bertz CT molecular complexity index is 1930. The number of carbonyl (C=O) groups is 9. The van der Waals surface area contributed by atoms with Gasteiger partial charge >= 0.3 is 12.1 Å². The first-order valence-electron chi connectivity index (χ1n) is 25.0. The molecule has 0 bridgehead atoms. The lowest BCUT2D eigenvalue weighted by Gasteiger charge is -2.40. The van der Waals surface area contributed by atoms with Crippen molar-refractivity contribution in [3.8, 4) is 0 Å². The van der Waals surface area contributed by atoms with Crippen molar-refractivity contribution in [2.45, 2.75) is 157 Å². The molecule has 2 rings (SSSR count). The van der Waals surface area contributed by atoms with Crippen molar-refractivity contribution in [3.05, 3.63) is 42.0 Å². The van der Waals surface area contributed by atoms with Crippen LogP contribution in [0.15, 0.2) is 36.4 Å². The Kier molecular flexibility index (Phi) is 26.1. The molecule has 1 aromatic carbocycles. The van der Waals surface area contributed by atoms with E-state index in [0.717, 1.165) is 17.7 Å². The molecule has 0 saturated heterocycles. The fourth-order valence-corrected chi connectivity index (χ4v) is 8.97. The van der Waals surface area contributed by atoms with E-state index in [2.05, 4.69) is 29.8 Å². The molecule has 1 aliphatic heterocycles. The summed E-state index contributed by atoms with van der Waals surface area (Å²) in [5, 5.41) is 8.18. The van der Waals surface area contributed by atoms with Crippen LogP contribution >= 0.6 is 0 Å². The number of nitrogens with one attached hydrogen (secondary N) is 3. The third-order valence-corrected chi connectivity index (χ3v) is 13.3. The Hall–Kier alpha value is -5.65. The summed E-state index contributed by atoms with van der Waals surface area (Å²) >= 11 is 0. The minimum Gasteiger partial charge on any atom is -0.445 e. The van der Waals surface area contributed by atoms with Crippen LogP contribution in [-0.4, -0.2) is 126 Å². The average molecular weight is 982 g/mol. The second kappa shape index (κ2) is 30.2. The van der Waals surface area contributed by atoms with Crippen molar-refractivity contribution < 1.29 is 52.6 Å². The van der Waals surface area contributed by atoms with E-state index < -0.39 is 42.0 Å². The van der Waals surface area contributed by atoms with Crippen molar-refractivity contribution in [1.82, 2.24) is 25.3 Å². The molecule has 1 heterocycles. The number of hydrogen-bond donors (Lipinski definition) is 4. The molecule has 0 saturated carbocycles. The third kappa shape index (κ3) is 18.9. The summed E-state index contributed by atoms with van der Waals surface area (Å²) in [6.07, 6.45) is 5.26. The highest BCUT2D eigenvalue weighted by molar-refractivity contribution is 6.12. The maximum atomic E-state index is 14.1. The fourth-order valence-electron chi connectivity index (χ4n) is 8.97. The van der Waals surface area contributed by atoms with Gasteiger partial charge in [0.25, 0.3) is 11.8 Å². The summed E-state index contributed by atoms with van der Waals surface area (Å²) in [7, 11) is 4.95. The number of hydrogen-bond acceptors (Lipinski definition) is 11. The topological polar surface area (TPSA) is 244 Å². The lowest BCUT2D eigenvalue weighted by atomic mass is 9.83. The molecule has 18 nitrogen and oxygen atoms in total. The maximum absolute atomic E-state index is 14.1. The van der Waals surface area contributed by atoms with Crippen LogP contribution in [0, 0.1) is 35.5 Å². The van der Waals surface area contributed by atoms with Gasteiger partial charge in [-0.15, -0.1) is 0 Å². The first-order chi connectivity index (χ1) is 33.0. The van der Waals surface area contributed by atoms with E-state index in [-0.39, 0.29) is 116 Å². The highest BCUT2D eigenvalue weighted by Gasteiger charge is 2.39. The number of urea groups is 1. The number of carbonyl (C=O) groups excluding carboxylic acids is 9. The molecule has 0 spiro atoms. The van der Waals surface area contributed by atoms with Gasteiger partial charge in [-0.2, -0.15) is 0 Å². The summed E-state index contributed by atoms with van der Waals surface area (Å²) < 4.78 is 11.4. The van der Waals surface area contributed by atoms with Gasteiger partial charge in [0.2, 0.25) is 17.7 Å². The zero-order valence-electron chi connectivity index (χ0n) is 43.8. The third-order valence-electron chi connectivity index (χ3n) is 13.3. The molecule has 0 aliphatic carbocycles. The van der Waals surface area contributed by atoms with Crippen LogP contribution in [0.1, 0.15) is 132 Å². The minimum absolute atomic E-state index is 0.0459. The molecule has 18 heteroatoms. The smallest absolute Gasteiger partial charge is 0.410 e. The molecule has 1 aliphatic rings. The number of ketones is 2. The summed E-state index contributed by atoms with van der Waals surface area (Å²) in [6.45, 7) is 17.7. The number of primary amides is 1. The van der Waals surface area contributed by atoms with E-state index in [1.807, 2.05) is 34.6 Å². The SMILES string of the molecule is CC[C@H](C)[C@@H]([C@@H](CC)OC)N(C)C(=O)[C@@H](CC(=O)[C@H](C(C)C)N(C)C(=O)OCc1ccc(NC(=O)[C@H](CCCNC(N)=O)CC(=O)[C@@H](NC(=O)CCCCCN2C(=O)C=CC2=O)C(C)C)cc1)C(C)C. The molecule has 1 aromatic rings. The van der Waals surface area contributed by atoms with E-state index in [9.17, 15) is 43.2 Å². The fraction of sp³-hybridized carbons (Fsp3) is 0.673. The highest BCUT2D eigenvalue weighted by Crippen LogP contribution is 2.28. The van der Waals surface area contributed by atoms with Crippen LogP contribution in [0.4, 0.5) is 15.3 Å². The van der Waals surface area contributed by atoms with E-state index in [1.54, 1.807) is 57.2 Å². The van der Waals surface area contributed by atoms with Gasteiger partial charge in [0.15, 0.2) is 11.6 Å². The number of ether oxygens (including phenoxy) is 2. The van der Waals surface area contributed by atoms with Crippen molar-refractivity contribution in [1.29, 1.82) is 0 Å². The number of amides is 8. The van der Waals surface area contributed by atoms with Crippen LogP contribution < -0.4 is 21.7 Å². The van der Waals surface area contributed by atoms with Crippen LogP contribution in [0.3, 0.4) is 0 Å². The first-order valence-corrected chi connectivity index (χ1v) is 25.0. The summed E-state index contributed by atoms with van der Waals surface area (Å²) in [4.78, 5) is 121. The van der Waals surface area contributed by atoms with E-state index in [0.29, 0.717) is 36.9 Å². The molecule has 0 radical (unpaired) electrons. The van der Waals surface area contributed by atoms with Gasteiger partial charge in [-0.25, -0.2) is 9.59 Å². The second-order valence-corrected chi connectivity index (χ2v) is 19.6. The van der Waals surface area contributed by atoms with Crippen molar-refractivity contribution >= 4 is 58.9 Å². The molecule has 392 valence electrons. The Balaban J connectivity index is 2.08. The number of imide groups is 1. The zero-order valence-corrected chi connectivity index (χ0v) is 43.8. The van der Waals surface area contributed by atoms with E-state index >= 15 is 0 Å². The lowest BCUT2D eigenvalue weighted by Crippen LogP contribution is -2.52. The maximum Gasteiger partial charge on any atom is 0.410 e. The van der Waals surface area contributed by atoms with Crippen molar-refractivity contribution in [2.24, 2.45) is 41.2 Å². The lowest BCUT2D eigenvalue weighted by molar-refractivity contribution is -0.145. The molecular formula is C52H83N7O11. The van der Waals surface area contributed by atoms with E-state index in [4.69, 9.17) is 15.2 Å². The quantitative estimate of drug-likeness (QED) is 0.0455. The average Bonchev–Trinajstić information content (AvgIpc) is 3.63. The summed E-state index contributed by atoms with van der Waals surface area (Å²) in [6, 6.07) is 4.02. The number of nitrogens with zero attached hydrogens (tertiary/aromatic N) is 3. The number of rotatable bonds is 32. The van der Waals surface area contributed by atoms with Gasteiger partial charge in [-0.05, 0) is 73.5 Å². The summed E-state index contributed by atoms with van der Waals surface area (Å²) in [5.41, 5.74) is 6.25. The number of nitrogens with two attached hydrogens (primary N) is 1. The number of unbranched alkanes of at least 4 members (excludes halogenated alkanes) is 2. The zero-order chi connectivity index (χ0) is 52.8. The first kappa shape index (κ1) is 60.5. The van der Waals surface area contributed by atoms with Gasteiger partial charge in [0.05, 0.1) is 24.2 Å². The predicted octanol–water partition coefficient (Wildman–Crippen LogP) is 6.40. The van der Waals surface area contributed by atoms with Gasteiger partial charge in [0, 0.05) is 83.2 Å². The Morgan fingerprint density at radius 2 is 1.39 bits per heavy atom. The standard InChI is InChI=1S/C52H83N7O11/c1-13-35(9)48(42(14-2)69-12)57(10)50(66)39(32(3)4)30-41(61)47(34(7)8)58(11)52(68)70-31-36-21-23-38(24-22-36)55-49(65)37(19-18-27-54-51(53)67)29-40(60)46(33(5)6)56-43(62)20-16-15-17-28-59-44(63)25-26-45(59)64/h21-26,32-35,37,39,42,46-48H,13-20,27-31H2,1-12H3,(H,55,65)(H,56,62)(H3,53,54,67)/t35-,37+,39-,42+,46-,47-,48-/m0/s1. The predicted molar refractivity (Wildman–Crippen MR) is 268 cm³/mol. The normalized spacial score (nSPS) is 15.5. The molecule has 0 aromatic heterocycles. The van der Waals surface area contributed by atoms with Crippen LogP contribution in [0.25, 0.3) is 0 Å². The number of Topliss-reactive ketones (excluding diaryl/α,β-unsaturated/α-hetero) is 2. The number of methoxy groups -OCH3 is 1. The van der Waals surface area contributed by atoms with Gasteiger partial charge in [0.1, 0.15) is 6.61 Å². The molecule has 7 atom stereocenters.